The number of nitrogens with one attached hydrogen (secondary N) is 2. The SMILES string of the molecule is COc1cccc([C@@H]2CN(C(=O)[C@@H]3CC(=O)Nc4ccccc43)C[C@]23CCCCC(=O)N3)c1. The summed E-state index contributed by atoms with van der Waals surface area (Å²) in [5.74, 6) is 0.0276. The molecular formula is C26H29N3O4. The van der Waals surface area contributed by atoms with Gasteiger partial charge >= 0.3 is 0 Å². The molecule has 7 nitrogen and oxygen atoms in total. The van der Waals surface area contributed by atoms with Crippen LogP contribution in [0.5, 0.6) is 5.75 Å². The molecule has 7 heteroatoms. The van der Waals surface area contributed by atoms with Gasteiger partial charge in [-0.1, -0.05) is 36.8 Å². The highest BCUT2D eigenvalue weighted by molar-refractivity contribution is 6.01. The number of benzene rings is 2. The zero-order valence-electron chi connectivity index (χ0n) is 18.8. The second-order valence-corrected chi connectivity index (χ2v) is 9.35. The third-order valence-electron chi connectivity index (χ3n) is 7.31. The van der Waals surface area contributed by atoms with E-state index in [4.69, 9.17) is 4.74 Å². The van der Waals surface area contributed by atoms with Gasteiger partial charge < -0.3 is 20.3 Å². The first-order valence-corrected chi connectivity index (χ1v) is 11.6. The van der Waals surface area contributed by atoms with Crippen LogP contribution < -0.4 is 15.4 Å². The summed E-state index contributed by atoms with van der Waals surface area (Å²) < 4.78 is 5.44. The molecule has 2 aromatic carbocycles. The van der Waals surface area contributed by atoms with Gasteiger partial charge in [-0.15, -0.1) is 0 Å². The topological polar surface area (TPSA) is 87.7 Å². The van der Waals surface area contributed by atoms with E-state index >= 15 is 0 Å². The molecule has 33 heavy (non-hydrogen) atoms. The summed E-state index contributed by atoms with van der Waals surface area (Å²) in [5.41, 5.74) is 2.08. The molecule has 0 saturated carbocycles. The van der Waals surface area contributed by atoms with Gasteiger partial charge in [-0.05, 0) is 42.2 Å². The van der Waals surface area contributed by atoms with E-state index < -0.39 is 11.5 Å². The van der Waals surface area contributed by atoms with E-state index in [-0.39, 0.29) is 30.1 Å². The third kappa shape index (κ3) is 3.96. The molecule has 3 aliphatic rings. The van der Waals surface area contributed by atoms with Gasteiger partial charge in [-0.25, -0.2) is 0 Å². The number of methoxy groups -OCH3 is 1. The average molecular weight is 448 g/mol. The molecule has 5 rings (SSSR count). The van der Waals surface area contributed by atoms with Gasteiger partial charge in [0.2, 0.25) is 17.7 Å². The molecule has 0 aliphatic carbocycles. The first-order chi connectivity index (χ1) is 16.0. The van der Waals surface area contributed by atoms with Crippen LogP contribution in [-0.4, -0.2) is 48.4 Å². The molecular weight excluding hydrogens is 418 g/mol. The van der Waals surface area contributed by atoms with Crippen LogP contribution in [0.3, 0.4) is 0 Å². The zero-order valence-corrected chi connectivity index (χ0v) is 18.8. The lowest BCUT2D eigenvalue weighted by Gasteiger charge is -2.35. The van der Waals surface area contributed by atoms with E-state index in [1.807, 2.05) is 53.4 Å². The molecule has 2 saturated heterocycles. The summed E-state index contributed by atoms with van der Waals surface area (Å²) >= 11 is 0. The highest BCUT2D eigenvalue weighted by Gasteiger charge is 2.51. The second-order valence-electron chi connectivity index (χ2n) is 9.35. The standard InChI is InChI=1S/C26H29N3O4/c1-33-18-8-6-7-17(13-18)21-15-29(16-26(21)12-5-4-11-23(30)28-26)25(32)20-14-24(31)27-22-10-3-2-9-19(20)22/h2-3,6-10,13,20-21H,4-5,11-12,14-16H2,1H3,(H,27,31)(H,28,30)/t20-,21+,26-/m1/s1. The third-order valence-corrected chi connectivity index (χ3v) is 7.31. The quantitative estimate of drug-likeness (QED) is 0.757. The molecule has 3 aliphatic heterocycles. The Morgan fingerprint density at radius 2 is 1.94 bits per heavy atom. The number of anilines is 1. The van der Waals surface area contributed by atoms with Crippen molar-refractivity contribution in [3.8, 4) is 5.75 Å². The fourth-order valence-corrected chi connectivity index (χ4v) is 5.72. The molecule has 3 amide bonds. The molecule has 0 unspecified atom stereocenters. The van der Waals surface area contributed by atoms with Gasteiger partial charge in [0.15, 0.2) is 0 Å². The molecule has 172 valence electrons. The molecule has 1 spiro atoms. The summed E-state index contributed by atoms with van der Waals surface area (Å²) in [4.78, 5) is 40.6. The lowest BCUT2D eigenvalue weighted by molar-refractivity contribution is -0.134. The zero-order chi connectivity index (χ0) is 23.0. The number of nitrogens with zero attached hydrogens (tertiary/aromatic N) is 1. The molecule has 2 fully saturated rings. The summed E-state index contributed by atoms with van der Waals surface area (Å²) in [6.45, 7) is 0.937. The van der Waals surface area contributed by atoms with Crippen molar-refractivity contribution < 1.29 is 19.1 Å². The number of carbonyl (C=O) groups excluding carboxylic acids is 3. The number of carbonyl (C=O) groups is 3. The fraction of sp³-hybridized carbons (Fsp3) is 0.423. The van der Waals surface area contributed by atoms with Crippen molar-refractivity contribution in [2.45, 2.75) is 49.5 Å². The van der Waals surface area contributed by atoms with Crippen molar-refractivity contribution >= 4 is 23.4 Å². The van der Waals surface area contributed by atoms with Gasteiger partial charge in [-0.2, -0.15) is 0 Å². The Hall–Kier alpha value is -3.35. The molecule has 2 N–H and O–H groups in total. The maximum Gasteiger partial charge on any atom is 0.230 e. The van der Waals surface area contributed by atoms with Crippen molar-refractivity contribution in [1.29, 1.82) is 0 Å². The highest BCUT2D eigenvalue weighted by Crippen LogP contribution is 2.43. The van der Waals surface area contributed by atoms with Gasteiger partial charge in [0.05, 0.1) is 18.6 Å². The van der Waals surface area contributed by atoms with E-state index in [1.165, 1.54) is 0 Å². The maximum atomic E-state index is 13.8. The molecule has 0 radical (unpaired) electrons. The molecule has 0 bridgehead atoms. The van der Waals surface area contributed by atoms with Crippen LogP contribution in [0.25, 0.3) is 0 Å². The highest BCUT2D eigenvalue weighted by atomic mass is 16.5. The van der Waals surface area contributed by atoms with Gasteiger partial charge in [0, 0.05) is 37.5 Å². The summed E-state index contributed by atoms with van der Waals surface area (Å²) in [5, 5.41) is 6.18. The van der Waals surface area contributed by atoms with Crippen molar-refractivity contribution in [3.05, 3.63) is 59.7 Å². The van der Waals surface area contributed by atoms with E-state index in [9.17, 15) is 14.4 Å². The van der Waals surface area contributed by atoms with Crippen LogP contribution in [0, 0.1) is 0 Å². The number of amides is 3. The molecule has 3 heterocycles. The number of likely N-dealkylation sites (tertiary alicyclic amines) is 1. The summed E-state index contributed by atoms with van der Waals surface area (Å²) in [7, 11) is 1.64. The minimum absolute atomic E-state index is 0.0390. The Morgan fingerprint density at radius 1 is 1.09 bits per heavy atom. The predicted octanol–water partition coefficient (Wildman–Crippen LogP) is 3.18. The van der Waals surface area contributed by atoms with Gasteiger partial charge in [0.1, 0.15) is 5.75 Å². The van der Waals surface area contributed by atoms with Gasteiger partial charge in [-0.3, -0.25) is 14.4 Å². The Morgan fingerprint density at radius 3 is 2.79 bits per heavy atom. The lowest BCUT2D eigenvalue weighted by atomic mass is 9.79. The normalized spacial score (nSPS) is 26.9. The van der Waals surface area contributed by atoms with E-state index in [0.29, 0.717) is 25.2 Å². The van der Waals surface area contributed by atoms with Crippen LogP contribution in [0.15, 0.2) is 48.5 Å². The summed E-state index contributed by atoms with van der Waals surface area (Å²) in [6, 6.07) is 15.4. The van der Waals surface area contributed by atoms with Crippen LogP contribution >= 0.6 is 0 Å². The smallest absolute Gasteiger partial charge is 0.230 e. The number of hydrogen-bond acceptors (Lipinski definition) is 4. The Balaban J connectivity index is 1.50. The van der Waals surface area contributed by atoms with Crippen LogP contribution in [0.2, 0.25) is 0 Å². The van der Waals surface area contributed by atoms with Gasteiger partial charge in [0.25, 0.3) is 0 Å². The van der Waals surface area contributed by atoms with E-state index in [1.54, 1.807) is 7.11 Å². The van der Waals surface area contributed by atoms with Crippen molar-refractivity contribution in [2.75, 3.05) is 25.5 Å². The first-order valence-electron chi connectivity index (χ1n) is 11.6. The minimum Gasteiger partial charge on any atom is -0.497 e. The Labute approximate surface area is 193 Å². The first kappa shape index (κ1) is 21.5. The van der Waals surface area contributed by atoms with E-state index in [0.717, 1.165) is 36.1 Å². The number of ether oxygens (including phenoxy) is 1. The molecule has 2 aromatic rings. The average Bonchev–Trinajstić information content (AvgIpc) is 3.08. The number of rotatable bonds is 3. The Bertz CT molecular complexity index is 1100. The Kier molecular flexibility index (Phi) is 5.56. The fourth-order valence-electron chi connectivity index (χ4n) is 5.72. The number of para-hydroxylation sites is 1. The van der Waals surface area contributed by atoms with Crippen molar-refractivity contribution in [2.24, 2.45) is 0 Å². The van der Waals surface area contributed by atoms with Crippen LogP contribution in [0.1, 0.15) is 55.1 Å². The second kappa shape index (κ2) is 8.54. The van der Waals surface area contributed by atoms with Crippen LogP contribution in [0.4, 0.5) is 5.69 Å². The van der Waals surface area contributed by atoms with Crippen LogP contribution in [-0.2, 0) is 14.4 Å². The molecule has 3 atom stereocenters. The molecule has 0 aromatic heterocycles. The number of hydrogen-bond donors (Lipinski definition) is 2. The lowest BCUT2D eigenvalue weighted by Crippen LogP contribution is -2.53. The largest absolute Gasteiger partial charge is 0.497 e. The minimum atomic E-state index is -0.522. The monoisotopic (exact) mass is 447 g/mol. The maximum absolute atomic E-state index is 13.8. The van der Waals surface area contributed by atoms with Crippen molar-refractivity contribution in [1.82, 2.24) is 10.2 Å². The number of fused-ring (bicyclic) bond motifs is 1. The predicted molar refractivity (Wildman–Crippen MR) is 124 cm³/mol. The summed E-state index contributed by atoms with van der Waals surface area (Å²) in [6.07, 6.45) is 3.23. The van der Waals surface area contributed by atoms with E-state index in [2.05, 4.69) is 10.6 Å². The van der Waals surface area contributed by atoms with Crippen molar-refractivity contribution in [3.63, 3.8) is 0 Å².